The molecule has 1 heterocycles. The van der Waals surface area contributed by atoms with Crippen molar-refractivity contribution >= 4 is 25.1 Å². The number of nitrogens with zero attached hydrogens (tertiary/aromatic N) is 6. The first-order valence-corrected chi connectivity index (χ1v) is 10.9. The number of aromatic nitrogens is 4. The van der Waals surface area contributed by atoms with Crippen molar-refractivity contribution in [3.05, 3.63) is 38.7 Å². The average Bonchev–Trinajstić information content (AvgIpc) is 3.24. The topological polar surface area (TPSA) is 143 Å². The Hall–Kier alpha value is -3.07. The predicted molar refractivity (Wildman–Crippen MR) is 120 cm³/mol. The van der Waals surface area contributed by atoms with E-state index in [1.54, 1.807) is 6.82 Å². The maximum absolute atomic E-state index is 13.7. The maximum atomic E-state index is 13.7. The highest BCUT2D eigenvalue weighted by molar-refractivity contribution is 6.45. The molecule has 0 spiro atoms. The van der Waals surface area contributed by atoms with Crippen molar-refractivity contribution in [2.75, 3.05) is 18.4 Å². The summed E-state index contributed by atoms with van der Waals surface area (Å²) in [7, 11) is -0.797. The van der Waals surface area contributed by atoms with Gasteiger partial charge < -0.3 is 15.6 Å². The monoisotopic (exact) mass is 482 g/mol. The van der Waals surface area contributed by atoms with Crippen molar-refractivity contribution in [2.45, 2.75) is 57.7 Å². The number of hydrogen-bond acceptors (Lipinski definition) is 9. The van der Waals surface area contributed by atoms with Crippen LogP contribution in [0, 0.1) is 10.1 Å². The highest BCUT2D eigenvalue weighted by atomic mass is 19.4. The molecule has 0 aliphatic heterocycles. The molecule has 184 valence electrons. The summed E-state index contributed by atoms with van der Waals surface area (Å²) in [6.45, 7) is 5.89. The van der Waals surface area contributed by atoms with Gasteiger partial charge in [-0.15, -0.1) is 5.10 Å². The van der Waals surface area contributed by atoms with Gasteiger partial charge in [0.2, 0.25) is 0 Å². The van der Waals surface area contributed by atoms with Crippen molar-refractivity contribution in [1.82, 2.24) is 25.4 Å². The third-order valence-electron chi connectivity index (χ3n) is 5.67. The molecule has 1 aliphatic rings. The normalized spacial score (nSPS) is 14.4. The fourth-order valence-corrected chi connectivity index (χ4v) is 4.15. The van der Waals surface area contributed by atoms with Gasteiger partial charge in [0, 0.05) is 6.07 Å². The van der Waals surface area contributed by atoms with Gasteiger partial charge in [-0.2, -0.15) is 13.2 Å². The van der Waals surface area contributed by atoms with E-state index in [9.17, 15) is 28.3 Å². The molecule has 0 amide bonds. The lowest BCUT2D eigenvalue weighted by atomic mass is 9.85. The Labute approximate surface area is 194 Å². The van der Waals surface area contributed by atoms with Gasteiger partial charge in [0.15, 0.2) is 5.82 Å². The van der Waals surface area contributed by atoms with Crippen molar-refractivity contribution in [3.63, 3.8) is 0 Å². The summed E-state index contributed by atoms with van der Waals surface area (Å²) in [5.74, 6) is 0.342. The van der Waals surface area contributed by atoms with Gasteiger partial charge in [-0.05, 0) is 73.7 Å². The largest absolute Gasteiger partial charge is 0.437 e. The SMILES string of the molecule is C=NCCn1nnnc1C(CCNB(C)O)Nc1c([N+](=O)[O-])cc(C(F)(F)F)c2c1CCCC2. The third kappa shape index (κ3) is 5.89. The Morgan fingerprint density at radius 2 is 2.09 bits per heavy atom. The van der Waals surface area contributed by atoms with Gasteiger partial charge in [-0.25, -0.2) is 4.68 Å². The molecule has 0 saturated carbocycles. The second-order valence-electron chi connectivity index (χ2n) is 8.06. The summed E-state index contributed by atoms with van der Waals surface area (Å²) < 4.78 is 42.7. The first-order chi connectivity index (χ1) is 16.1. The number of nitrogens with one attached hydrogen (secondary N) is 2. The van der Waals surface area contributed by atoms with E-state index >= 15 is 0 Å². The lowest BCUT2D eigenvalue weighted by molar-refractivity contribution is -0.384. The van der Waals surface area contributed by atoms with Gasteiger partial charge >= 0.3 is 13.2 Å². The second kappa shape index (κ2) is 10.9. The summed E-state index contributed by atoms with van der Waals surface area (Å²) >= 11 is 0. The molecule has 0 saturated heterocycles. The quantitative estimate of drug-likeness (QED) is 0.192. The summed E-state index contributed by atoms with van der Waals surface area (Å²) in [5, 5.41) is 39.0. The van der Waals surface area contributed by atoms with Crippen molar-refractivity contribution in [2.24, 2.45) is 4.99 Å². The first kappa shape index (κ1) is 25.6. The zero-order valence-electron chi connectivity index (χ0n) is 18.7. The number of tetrazole rings is 1. The molecule has 34 heavy (non-hydrogen) atoms. The van der Waals surface area contributed by atoms with E-state index < -0.39 is 35.4 Å². The molecule has 11 nitrogen and oxygen atoms in total. The Bertz CT molecular complexity index is 1030. The maximum Gasteiger partial charge on any atom is 0.416 e. The average molecular weight is 482 g/mol. The zero-order valence-corrected chi connectivity index (χ0v) is 18.7. The summed E-state index contributed by atoms with van der Waals surface area (Å²) in [6, 6.07) is -0.0742. The van der Waals surface area contributed by atoms with Gasteiger partial charge in [0.25, 0.3) is 5.69 Å². The van der Waals surface area contributed by atoms with E-state index in [2.05, 4.69) is 37.8 Å². The second-order valence-corrected chi connectivity index (χ2v) is 8.06. The fourth-order valence-electron chi connectivity index (χ4n) is 4.15. The zero-order chi connectivity index (χ0) is 24.9. The van der Waals surface area contributed by atoms with Crippen molar-refractivity contribution in [3.8, 4) is 0 Å². The summed E-state index contributed by atoms with van der Waals surface area (Å²) in [4.78, 5) is 14.8. The Morgan fingerprint density at radius 1 is 1.38 bits per heavy atom. The van der Waals surface area contributed by atoms with Crippen LogP contribution in [-0.4, -0.2) is 57.0 Å². The molecule has 1 aromatic carbocycles. The highest BCUT2D eigenvalue weighted by Crippen LogP contribution is 2.44. The molecule has 1 aliphatic carbocycles. The van der Waals surface area contributed by atoms with Crippen LogP contribution in [0.2, 0.25) is 6.82 Å². The summed E-state index contributed by atoms with van der Waals surface area (Å²) in [5.41, 5.74) is -1.18. The van der Waals surface area contributed by atoms with Crippen LogP contribution in [0.5, 0.6) is 0 Å². The van der Waals surface area contributed by atoms with Gasteiger partial charge in [0.1, 0.15) is 5.69 Å². The molecule has 0 radical (unpaired) electrons. The van der Waals surface area contributed by atoms with E-state index in [0.717, 1.165) is 0 Å². The van der Waals surface area contributed by atoms with Crippen LogP contribution in [0.25, 0.3) is 0 Å². The van der Waals surface area contributed by atoms with E-state index in [1.165, 1.54) is 4.68 Å². The van der Waals surface area contributed by atoms with Gasteiger partial charge in [0.05, 0.1) is 29.6 Å². The number of nitro groups is 1. The van der Waals surface area contributed by atoms with Crippen LogP contribution >= 0.6 is 0 Å². The Kier molecular flexibility index (Phi) is 8.20. The highest BCUT2D eigenvalue weighted by Gasteiger charge is 2.39. The number of halogens is 3. The lowest BCUT2D eigenvalue weighted by Crippen LogP contribution is -2.33. The molecule has 2 aromatic rings. The number of fused-ring (bicyclic) bond motifs is 1. The Morgan fingerprint density at radius 3 is 2.71 bits per heavy atom. The minimum absolute atomic E-state index is 0.0474. The molecule has 1 aromatic heterocycles. The van der Waals surface area contributed by atoms with Crippen LogP contribution in [0.1, 0.15) is 47.8 Å². The number of anilines is 1. The number of rotatable bonds is 11. The van der Waals surface area contributed by atoms with Crippen LogP contribution in [0.4, 0.5) is 24.5 Å². The third-order valence-corrected chi connectivity index (χ3v) is 5.67. The smallest absolute Gasteiger partial charge is 0.416 e. The molecule has 0 bridgehead atoms. The standard InChI is InChI=1S/C19H26BF3N8O3/c1-20(32)25-8-7-15(18-27-28-29-30(18)10-9-24-2)26-17-13-6-4-3-5-12(13)14(19(21,22)23)11-16(17)31(33)34/h11,15,25-26,32H,2-10H2,1H3. The van der Waals surface area contributed by atoms with Gasteiger partial charge in [-0.1, -0.05) is 0 Å². The minimum Gasteiger partial charge on any atom is -0.437 e. The molecular weight excluding hydrogens is 456 g/mol. The van der Waals surface area contributed by atoms with E-state index in [-0.39, 0.29) is 24.1 Å². The fraction of sp³-hybridized carbons (Fsp3) is 0.579. The lowest BCUT2D eigenvalue weighted by Gasteiger charge is -2.27. The number of alkyl halides is 3. The number of nitro benzene ring substituents is 1. The van der Waals surface area contributed by atoms with E-state index in [4.69, 9.17) is 0 Å². The minimum atomic E-state index is -4.70. The van der Waals surface area contributed by atoms with Crippen LogP contribution < -0.4 is 10.5 Å². The summed E-state index contributed by atoms with van der Waals surface area (Å²) in [6.07, 6.45) is -2.74. The van der Waals surface area contributed by atoms with Crippen LogP contribution in [-0.2, 0) is 25.6 Å². The number of benzene rings is 1. The number of hydrogen-bond donors (Lipinski definition) is 3. The van der Waals surface area contributed by atoms with E-state index in [0.29, 0.717) is 56.4 Å². The number of aliphatic imine (C=N–C) groups is 1. The van der Waals surface area contributed by atoms with Crippen LogP contribution in [0.3, 0.4) is 0 Å². The molecule has 15 heteroatoms. The molecule has 1 atom stereocenters. The molecule has 3 N–H and O–H groups in total. The van der Waals surface area contributed by atoms with Gasteiger partial charge in [-0.3, -0.25) is 15.1 Å². The first-order valence-electron chi connectivity index (χ1n) is 10.9. The van der Waals surface area contributed by atoms with Crippen molar-refractivity contribution < 1.29 is 23.1 Å². The molecule has 0 fully saturated rings. The van der Waals surface area contributed by atoms with E-state index in [1.807, 2.05) is 0 Å². The van der Waals surface area contributed by atoms with Crippen LogP contribution in [0.15, 0.2) is 11.1 Å². The molecular formula is C19H26BF3N8O3. The predicted octanol–water partition coefficient (Wildman–Crippen LogP) is 2.42. The molecule has 1 unspecified atom stereocenters. The van der Waals surface area contributed by atoms with Crippen molar-refractivity contribution in [1.29, 1.82) is 0 Å². The Balaban J connectivity index is 2.08. The molecule has 3 rings (SSSR count).